The average Bonchev–Trinajstić information content (AvgIpc) is 2.40. The maximum absolute atomic E-state index is 12.1. The number of hydrogen-bond acceptors (Lipinski definition) is 3. The van der Waals surface area contributed by atoms with Gasteiger partial charge in [0.1, 0.15) is 11.4 Å². The van der Waals surface area contributed by atoms with Crippen LogP contribution in [0.5, 0.6) is 5.75 Å². The molecule has 2 N–H and O–H groups in total. The summed E-state index contributed by atoms with van der Waals surface area (Å²) in [7, 11) is 0. The van der Waals surface area contributed by atoms with Gasteiger partial charge in [-0.25, -0.2) is 0 Å². The van der Waals surface area contributed by atoms with Crippen LogP contribution in [-0.4, -0.2) is 24.1 Å². The molecule has 1 heterocycles. The molecule has 0 radical (unpaired) electrons. The summed E-state index contributed by atoms with van der Waals surface area (Å²) in [6.45, 7) is 6.96. The number of ether oxygens (including phenoxy) is 1. The van der Waals surface area contributed by atoms with Gasteiger partial charge in [-0.05, 0) is 64.4 Å². The Hall–Kier alpha value is -1.55. The number of hydrogen-bond donors (Lipinski definition) is 2. The standard InChI is InChI=1S/C16H24N2O2/c1-16(2,3)20-13-9-7-12(8-10-13)18-15(19)14-6-4-5-11-17-14/h7-10,14,17H,4-6,11H2,1-3H3,(H,18,19). The first-order chi connectivity index (χ1) is 9.44. The van der Waals surface area contributed by atoms with Crippen LogP contribution < -0.4 is 15.4 Å². The lowest BCUT2D eigenvalue weighted by atomic mass is 10.0. The van der Waals surface area contributed by atoms with E-state index in [1.807, 2.05) is 45.0 Å². The highest BCUT2D eigenvalue weighted by Crippen LogP contribution is 2.20. The number of carbonyl (C=O) groups is 1. The second kappa shape index (κ2) is 6.27. The van der Waals surface area contributed by atoms with Crippen molar-refractivity contribution in [3.8, 4) is 5.75 Å². The van der Waals surface area contributed by atoms with E-state index < -0.39 is 0 Å². The number of carbonyl (C=O) groups excluding carboxylic acids is 1. The third kappa shape index (κ3) is 4.53. The van der Waals surface area contributed by atoms with Gasteiger partial charge in [0, 0.05) is 5.69 Å². The lowest BCUT2D eigenvalue weighted by molar-refractivity contribution is -0.118. The molecule has 0 aliphatic carbocycles. The van der Waals surface area contributed by atoms with Crippen LogP contribution in [0.2, 0.25) is 0 Å². The Kier molecular flexibility index (Phi) is 4.65. The molecule has 20 heavy (non-hydrogen) atoms. The van der Waals surface area contributed by atoms with Crippen LogP contribution in [0, 0.1) is 0 Å². The Labute approximate surface area is 120 Å². The molecular weight excluding hydrogens is 252 g/mol. The molecule has 0 saturated carbocycles. The summed E-state index contributed by atoms with van der Waals surface area (Å²) in [5.74, 6) is 0.862. The predicted octanol–water partition coefficient (Wildman–Crippen LogP) is 2.94. The molecule has 0 bridgehead atoms. The zero-order chi connectivity index (χ0) is 14.6. The van der Waals surface area contributed by atoms with Gasteiger partial charge in [0.15, 0.2) is 0 Å². The van der Waals surface area contributed by atoms with Crippen molar-refractivity contribution in [2.75, 3.05) is 11.9 Å². The molecule has 1 unspecified atom stereocenters. The van der Waals surface area contributed by atoms with Crippen LogP contribution in [-0.2, 0) is 4.79 Å². The molecule has 1 aliphatic rings. The molecule has 4 nitrogen and oxygen atoms in total. The van der Waals surface area contributed by atoms with Gasteiger partial charge in [-0.2, -0.15) is 0 Å². The van der Waals surface area contributed by atoms with Crippen LogP contribution in [0.25, 0.3) is 0 Å². The topological polar surface area (TPSA) is 50.4 Å². The zero-order valence-electron chi connectivity index (χ0n) is 12.5. The van der Waals surface area contributed by atoms with Crippen molar-refractivity contribution in [2.45, 2.75) is 51.7 Å². The largest absolute Gasteiger partial charge is 0.488 e. The molecular formula is C16H24N2O2. The second-order valence-electron chi connectivity index (χ2n) is 6.23. The lowest BCUT2D eigenvalue weighted by Crippen LogP contribution is -2.43. The first kappa shape index (κ1) is 14.9. The van der Waals surface area contributed by atoms with Crippen LogP contribution in [0.1, 0.15) is 40.0 Å². The average molecular weight is 276 g/mol. The number of amides is 1. The summed E-state index contributed by atoms with van der Waals surface area (Å²) in [5.41, 5.74) is 0.597. The van der Waals surface area contributed by atoms with E-state index in [-0.39, 0.29) is 17.6 Å². The maximum atomic E-state index is 12.1. The molecule has 0 spiro atoms. The fraction of sp³-hybridized carbons (Fsp3) is 0.562. The fourth-order valence-corrected chi connectivity index (χ4v) is 2.26. The van der Waals surface area contributed by atoms with E-state index in [1.165, 1.54) is 0 Å². The van der Waals surface area contributed by atoms with Crippen molar-refractivity contribution in [3.63, 3.8) is 0 Å². The normalized spacial score (nSPS) is 19.4. The van der Waals surface area contributed by atoms with E-state index in [1.54, 1.807) is 0 Å². The predicted molar refractivity (Wildman–Crippen MR) is 81.1 cm³/mol. The molecule has 2 rings (SSSR count). The monoisotopic (exact) mass is 276 g/mol. The maximum Gasteiger partial charge on any atom is 0.241 e. The number of rotatable bonds is 3. The Morgan fingerprint density at radius 3 is 2.50 bits per heavy atom. The molecule has 1 amide bonds. The number of anilines is 1. The molecule has 110 valence electrons. The van der Waals surface area contributed by atoms with E-state index in [0.29, 0.717) is 0 Å². The van der Waals surface area contributed by atoms with Gasteiger partial charge in [-0.3, -0.25) is 4.79 Å². The lowest BCUT2D eigenvalue weighted by Gasteiger charge is -2.23. The van der Waals surface area contributed by atoms with Crippen LogP contribution >= 0.6 is 0 Å². The van der Waals surface area contributed by atoms with Gasteiger partial charge in [0.25, 0.3) is 0 Å². The number of benzene rings is 1. The molecule has 4 heteroatoms. The quantitative estimate of drug-likeness (QED) is 0.892. The van der Waals surface area contributed by atoms with Crippen molar-refractivity contribution >= 4 is 11.6 Å². The summed E-state index contributed by atoms with van der Waals surface area (Å²) in [6, 6.07) is 7.46. The SMILES string of the molecule is CC(C)(C)Oc1ccc(NC(=O)C2CCCCN2)cc1. The highest BCUT2D eigenvalue weighted by molar-refractivity contribution is 5.94. The molecule has 0 aromatic heterocycles. The van der Waals surface area contributed by atoms with E-state index in [2.05, 4.69) is 10.6 Å². The van der Waals surface area contributed by atoms with Gasteiger partial charge in [0.05, 0.1) is 6.04 Å². The van der Waals surface area contributed by atoms with E-state index >= 15 is 0 Å². The van der Waals surface area contributed by atoms with Crippen LogP contribution in [0.4, 0.5) is 5.69 Å². The minimum atomic E-state index is -0.212. The van der Waals surface area contributed by atoms with Crippen molar-refractivity contribution in [1.29, 1.82) is 0 Å². The third-order valence-electron chi connectivity index (χ3n) is 3.17. The van der Waals surface area contributed by atoms with E-state index in [0.717, 1.165) is 37.2 Å². The van der Waals surface area contributed by atoms with Crippen LogP contribution in [0.15, 0.2) is 24.3 Å². The van der Waals surface area contributed by atoms with Gasteiger partial charge >= 0.3 is 0 Å². The smallest absolute Gasteiger partial charge is 0.241 e. The van der Waals surface area contributed by atoms with Gasteiger partial charge < -0.3 is 15.4 Å². The molecule has 1 saturated heterocycles. The molecule has 1 fully saturated rings. The zero-order valence-corrected chi connectivity index (χ0v) is 12.5. The number of piperidine rings is 1. The molecule has 1 aliphatic heterocycles. The Balaban J connectivity index is 1.91. The van der Waals surface area contributed by atoms with Crippen molar-refractivity contribution < 1.29 is 9.53 Å². The summed E-state index contributed by atoms with van der Waals surface area (Å²) in [5, 5.41) is 6.19. The highest BCUT2D eigenvalue weighted by Gasteiger charge is 2.20. The highest BCUT2D eigenvalue weighted by atomic mass is 16.5. The van der Waals surface area contributed by atoms with Crippen LogP contribution in [0.3, 0.4) is 0 Å². The van der Waals surface area contributed by atoms with Gasteiger partial charge in [-0.15, -0.1) is 0 Å². The molecule has 1 aromatic rings. The molecule has 1 aromatic carbocycles. The summed E-state index contributed by atoms with van der Waals surface area (Å²) in [4.78, 5) is 12.1. The Morgan fingerprint density at radius 1 is 1.25 bits per heavy atom. The second-order valence-corrected chi connectivity index (χ2v) is 6.23. The van der Waals surface area contributed by atoms with Gasteiger partial charge in [0.2, 0.25) is 5.91 Å². The fourth-order valence-electron chi connectivity index (χ4n) is 2.26. The van der Waals surface area contributed by atoms with E-state index in [9.17, 15) is 4.79 Å². The Bertz CT molecular complexity index is 443. The summed E-state index contributed by atoms with van der Waals surface area (Å²) < 4.78 is 5.75. The Morgan fingerprint density at radius 2 is 1.95 bits per heavy atom. The first-order valence-electron chi connectivity index (χ1n) is 7.27. The first-order valence-corrected chi connectivity index (χ1v) is 7.27. The van der Waals surface area contributed by atoms with E-state index in [4.69, 9.17) is 4.74 Å². The number of nitrogens with one attached hydrogen (secondary N) is 2. The van der Waals surface area contributed by atoms with Crippen molar-refractivity contribution in [1.82, 2.24) is 5.32 Å². The van der Waals surface area contributed by atoms with Crippen molar-refractivity contribution in [3.05, 3.63) is 24.3 Å². The summed E-state index contributed by atoms with van der Waals surface area (Å²) >= 11 is 0. The molecule has 1 atom stereocenters. The minimum Gasteiger partial charge on any atom is -0.488 e. The third-order valence-corrected chi connectivity index (χ3v) is 3.17. The minimum absolute atomic E-state index is 0.0502. The van der Waals surface area contributed by atoms with Gasteiger partial charge in [-0.1, -0.05) is 6.42 Å². The summed E-state index contributed by atoms with van der Waals surface area (Å²) in [6.07, 6.45) is 3.18. The van der Waals surface area contributed by atoms with Crippen molar-refractivity contribution in [2.24, 2.45) is 0 Å².